The highest BCUT2D eigenvalue weighted by Crippen LogP contribution is 2.64. The topological polar surface area (TPSA) is 86.7 Å². The monoisotopic (exact) mass is 344 g/mol. The molecule has 3 aliphatic rings. The van der Waals surface area contributed by atoms with E-state index in [4.69, 9.17) is 8.92 Å². The number of fused-ring (bicyclic) bond motifs is 2. The Kier molecular flexibility index (Phi) is 4.08. The molecule has 7 heteroatoms. The van der Waals surface area contributed by atoms with Crippen LogP contribution in [0.4, 0.5) is 0 Å². The van der Waals surface area contributed by atoms with E-state index in [2.05, 4.69) is 0 Å². The summed E-state index contributed by atoms with van der Waals surface area (Å²) in [6.07, 6.45) is 3.15. The Morgan fingerprint density at radius 3 is 2.57 bits per heavy atom. The fourth-order valence-corrected chi connectivity index (χ4v) is 6.25. The summed E-state index contributed by atoms with van der Waals surface area (Å²) in [4.78, 5) is 23.6. The first-order valence-corrected chi connectivity index (χ1v) is 9.84. The Hall–Kier alpha value is -0.950. The van der Waals surface area contributed by atoms with Gasteiger partial charge in [0.1, 0.15) is 18.5 Å². The van der Waals surface area contributed by atoms with Crippen molar-refractivity contribution >= 4 is 21.9 Å². The molecule has 1 saturated heterocycles. The third kappa shape index (κ3) is 2.82. The number of ether oxygens (including phenoxy) is 1. The van der Waals surface area contributed by atoms with Crippen molar-refractivity contribution in [2.45, 2.75) is 58.5 Å². The lowest BCUT2D eigenvalue weighted by atomic mass is 9.70. The van der Waals surface area contributed by atoms with Gasteiger partial charge in [-0.15, -0.1) is 0 Å². The molecule has 1 aliphatic heterocycles. The van der Waals surface area contributed by atoms with E-state index in [1.165, 1.54) is 0 Å². The van der Waals surface area contributed by atoms with E-state index in [-0.39, 0.29) is 35.4 Å². The molecule has 6 nitrogen and oxygen atoms in total. The van der Waals surface area contributed by atoms with Crippen LogP contribution in [0.1, 0.15) is 52.4 Å². The highest BCUT2D eigenvalue weighted by molar-refractivity contribution is 7.86. The minimum Gasteiger partial charge on any atom is -0.460 e. The molecule has 3 rings (SSSR count). The van der Waals surface area contributed by atoms with E-state index in [0.29, 0.717) is 32.1 Å². The van der Waals surface area contributed by atoms with E-state index in [0.717, 1.165) is 6.42 Å². The van der Waals surface area contributed by atoms with Crippen molar-refractivity contribution in [3.05, 3.63) is 0 Å². The number of ketones is 1. The van der Waals surface area contributed by atoms with Crippen molar-refractivity contribution < 1.29 is 26.9 Å². The molecule has 1 unspecified atom stereocenters. The quantitative estimate of drug-likeness (QED) is 0.558. The molecule has 0 aromatic rings. The molecular formula is C16H24O6S. The second-order valence-electron chi connectivity index (χ2n) is 7.66. The van der Waals surface area contributed by atoms with Crippen molar-refractivity contribution in [1.29, 1.82) is 0 Å². The van der Waals surface area contributed by atoms with E-state index >= 15 is 0 Å². The average molecular weight is 344 g/mol. The first-order valence-electron chi connectivity index (χ1n) is 8.26. The second-order valence-corrected chi connectivity index (χ2v) is 9.30. The van der Waals surface area contributed by atoms with Gasteiger partial charge >= 0.3 is 5.97 Å². The Morgan fingerprint density at radius 1 is 1.26 bits per heavy atom. The second kappa shape index (κ2) is 5.55. The molecule has 2 aliphatic carbocycles. The lowest BCUT2D eigenvalue weighted by molar-refractivity contribution is -0.155. The van der Waals surface area contributed by atoms with Crippen molar-refractivity contribution in [3.8, 4) is 0 Å². The number of esters is 1. The summed E-state index contributed by atoms with van der Waals surface area (Å²) in [5, 5.41) is 0. The van der Waals surface area contributed by atoms with Gasteiger partial charge in [0.05, 0.1) is 11.2 Å². The number of hydrogen-bond acceptors (Lipinski definition) is 6. The van der Waals surface area contributed by atoms with Gasteiger partial charge in [0.25, 0.3) is 10.1 Å². The van der Waals surface area contributed by atoms with Crippen LogP contribution >= 0.6 is 0 Å². The Bertz CT molecular complexity index is 622. The van der Waals surface area contributed by atoms with Crippen LogP contribution in [-0.4, -0.2) is 38.6 Å². The van der Waals surface area contributed by atoms with Gasteiger partial charge < -0.3 is 4.74 Å². The van der Waals surface area contributed by atoms with Crippen molar-refractivity contribution in [2.75, 3.05) is 12.4 Å². The van der Waals surface area contributed by atoms with Gasteiger partial charge in [0.2, 0.25) is 0 Å². The van der Waals surface area contributed by atoms with Gasteiger partial charge in [0.15, 0.2) is 0 Å². The van der Waals surface area contributed by atoms with E-state index in [1.54, 1.807) is 0 Å². The molecule has 0 aromatic heterocycles. The third-order valence-electron chi connectivity index (χ3n) is 6.20. The Morgan fingerprint density at radius 2 is 2.00 bits per heavy atom. The van der Waals surface area contributed by atoms with E-state index < -0.39 is 21.6 Å². The van der Waals surface area contributed by atoms with Gasteiger partial charge in [-0.3, -0.25) is 13.8 Å². The SMILES string of the molecule is CC1(C)[C@@H]2CC[C@@]1(CS(=O)(=O)OCC1CCCC(=O)O1)C(=O)C2. The van der Waals surface area contributed by atoms with Crippen LogP contribution in [-0.2, 0) is 28.6 Å². The van der Waals surface area contributed by atoms with Gasteiger partial charge in [-0.25, -0.2) is 0 Å². The lowest BCUT2D eigenvalue weighted by Crippen LogP contribution is -2.43. The maximum atomic E-state index is 12.4. The molecule has 3 atom stereocenters. The summed E-state index contributed by atoms with van der Waals surface area (Å²) in [5.41, 5.74) is -1.13. The minimum atomic E-state index is -3.84. The highest BCUT2D eigenvalue weighted by atomic mass is 32.2. The molecular weight excluding hydrogens is 320 g/mol. The highest BCUT2D eigenvalue weighted by Gasteiger charge is 2.65. The maximum absolute atomic E-state index is 12.4. The summed E-state index contributed by atoms with van der Waals surface area (Å²) in [5.74, 6) is -0.255. The molecule has 0 N–H and O–H groups in total. The van der Waals surface area contributed by atoms with Gasteiger partial charge in [-0.05, 0) is 37.0 Å². The molecule has 3 fully saturated rings. The largest absolute Gasteiger partial charge is 0.460 e. The van der Waals surface area contributed by atoms with Crippen LogP contribution in [0.2, 0.25) is 0 Å². The van der Waals surface area contributed by atoms with Crippen LogP contribution in [0.15, 0.2) is 0 Å². The standard InChI is InChI=1S/C16H24O6S/c1-15(2)11-6-7-16(15,13(17)8-11)10-23(19,20)21-9-12-4-3-5-14(18)22-12/h11-12H,3-10H2,1-2H3/t11-,12?,16-/m1/s1. The fraction of sp³-hybridized carbons (Fsp3) is 0.875. The number of cyclic esters (lactones) is 1. The summed E-state index contributed by atoms with van der Waals surface area (Å²) in [7, 11) is -3.84. The molecule has 23 heavy (non-hydrogen) atoms. The van der Waals surface area contributed by atoms with Crippen LogP contribution in [0, 0.1) is 16.7 Å². The molecule has 130 valence electrons. The van der Waals surface area contributed by atoms with Crippen LogP contribution in [0.5, 0.6) is 0 Å². The molecule has 0 radical (unpaired) electrons. The third-order valence-corrected chi connectivity index (χ3v) is 7.54. The average Bonchev–Trinajstić information content (AvgIpc) is 2.79. The molecule has 0 amide bonds. The first kappa shape index (κ1) is 16.9. The van der Waals surface area contributed by atoms with Crippen LogP contribution in [0.25, 0.3) is 0 Å². The summed E-state index contributed by atoms with van der Waals surface area (Å²) in [6.45, 7) is 3.84. The Labute approximate surface area is 137 Å². The maximum Gasteiger partial charge on any atom is 0.306 e. The molecule has 2 bridgehead atoms. The zero-order valence-electron chi connectivity index (χ0n) is 13.7. The summed E-state index contributed by atoms with van der Waals surface area (Å²) >= 11 is 0. The van der Waals surface area contributed by atoms with Gasteiger partial charge in [0, 0.05) is 12.8 Å². The Balaban J connectivity index is 1.67. The zero-order chi connectivity index (χ0) is 16.9. The number of Topliss-reactive ketones (excluding diaryl/α,β-unsaturated/α-hetero) is 1. The minimum absolute atomic E-state index is 0.0509. The first-order chi connectivity index (χ1) is 10.7. The summed E-state index contributed by atoms with van der Waals surface area (Å²) < 4.78 is 35.0. The number of carbonyl (C=O) groups is 2. The van der Waals surface area contributed by atoms with E-state index in [1.807, 2.05) is 13.8 Å². The number of hydrogen-bond donors (Lipinski definition) is 0. The molecule has 1 heterocycles. The predicted octanol–water partition coefficient (Wildman–Crippen LogP) is 1.82. The zero-order valence-corrected chi connectivity index (χ0v) is 14.5. The smallest absolute Gasteiger partial charge is 0.306 e. The fourth-order valence-electron chi connectivity index (χ4n) is 4.53. The molecule has 0 spiro atoms. The normalized spacial score (nSPS) is 36.3. The molecule has 2 saturated carbocycles. The van der Waals surface area contributed by atoms with Crippen molar-refractivity contribution in [3.63, 3.8) is 0 Å². The van der Waals surface area contributed by atoms with Crippen LogP contribution < -0.4 is 0 Å². The van der Waals surface area contributed by atoms with Crippen molar-refractivity contribution in [2.24, 2.45) is 16.7 Å². The number of rotatable bonds is 5. The number of carbonyl (C=O) groups excluding carboxylic acids is 2. The summed E-state index contributed by atoms with van der Waals surface area (Å²) in [6, 6.07) is 0. The van der Waals surface area contributed by atoms with E-state index in [9.17, 15) is 18.0 Å². The van der Waals surface area contributed by atoms with Crippen molar-refractivity contribution in [1.82, 2.24) is 0 Å². The predicted molar refractivity (Wildman–Crippen MR) is 82.0 cm³/mol. The van der Waals surface area contributed by atoms with Gasteiger partial charge in [-0.2, -0.15) is 8.42 Å². The molecule has 0 aromatic carbocycles. The van der Waals surface area contributed by atoms with Gasteiger partial charge in [-0.1, -0.05) is 13.8 Å². The lowest BCUT2D eigenvalue weighted by Gasteiger charge is -2.36. The van der Waals surface area contributed by atoms with Crippen LogP contribution in [0.3, 0.4) is 0 Å².